The lowest BCUT2D eigenvalue weighted by Crippen LogP contribution is -2.12. The summed E-state index contributed by atoms with van der Waals surface area (Å²) in [5.41, 5.74) is 2.58. The quantitative estimate of drug-likeness (QED) is 0.768. The van der Waals surface area contributed by atoms with E-state index in [0.717, 1.165) is 12.2 Å². The van der Waals surface area contributed by atoms with Crippen molar-refractivity contribution >= 4 is 5.97 Å². The minimum absolute atomic E-state index is 0.0991. The van der Waals surface area contributed by atoms with Crippen molar-refractivity contribution in [1.29, 1.82) is 0 Å². The van der Waals surface area contributed by atoms with Crippen LogP contribution in [0.2, 0.25) is 0 Å². The zero-order chi connectivity index (χ0) is 13.1. The van der Waals surface area contributed by atoms with Gasteiger partial charge in [-0.1, -0.05) is 13.0 Å². The standard InChI is InChI=1S/C15H20O3/c1-4-18-15(16)9-14-10(2)7-11-8-12(17-3)5-6-13(11)14/h5-6,8,10,14H,4,7,9H2,1-3H3. The summed E-state index contributed by atoms with van der Waals surface area (Å²) in [5, 5.41) is 0. The van der Waals surface area contributed by atoms with Crippen molar-refractivity contribution in [3.8, 4) is 5.75 Å². The number of hydrogen-bond donors (Lipinski definition) is 0. The molecular formula is C15H20O3. The first kappa shape index (κ1) is 12.9. The Morgan fingerprint density at radius 1 is 1.44 bits per heavy atom. The molecule has 0 spiro atoms. The third-order valence-corrected chi connectivity index (χ3v) is 3.67. The molecule has 0 saturated carbocycles. The fraction of sp³-hybridized carbons (Fsp3) is 0.533. The lowest BCUT2D eigenvalue weighted by molar-refractivity contribution is -0.143. The molecule has 98 valence electrons. The molecule has 1 aliphatic rings. The smallest absolute Gasteiger partial charge is 0.306 e. The summed E-state index contributed by atoms with van der Waals surface area (Å²) < 4.78 is 10.3. The molecule has 0 fully saturated rings. The van der Waals surface area contributed by atoms with Crippen LogP contribution in [0.3, 0.4) is 0 Å². The number of carbonyl (C=O) groups excluding carboxylic acids is 1. The molecule has 0 heterocycles. The van der Waals surface area contributed by atoms with Gasteiger partial charge in [0.05, 0.1) is 20.1 Å². The number of rotatable bonds is 4. The monoisotopic (exact) mass is 248 g/mol. The maximum atomic E-state index is 11.6. The molecule has 3 nitrogen and oxygen atoms in total. The van der Waals surface area contributed by atoms with Crippen LogP contribution < -0.4 is 4.74 Å². The fourth-order valence-corrected chi connectivity index (χ4v) is 2.75. The van der Waals surface area contributed by atoms with Crippen LogP contribution in [0, 0.1) is 5.92 Å². The molecule has 2 atom stereocenters. The first-order valence-corrected chi connectivity index (χ1v) is 6.48. The lowest BCUT2D eigenvalue weighted by atomic mass is 9.91. The van der Waals surface area contributed by atoms with E-state index in [1.165, 1.54) is 11.1 Å². The summed E-state index contributed by atoms with van der Waals surface area (Å²) in [6.07, 6.45) is 1.49. The summed E-state index contributed by atoms with van der Waals surface area (Å²) in [4.78, 5) is 11.6. The van der Waals surface area contributed by atoms with Gasteiger partial charge in [-0.2, -0.15) is 0 Å². The van der Waals surface area contributed by atoms with E-state index in [1.54, 1.807) is 7.11 Å². The highest BCUT2D eigenvalue weighted by atomic mass is 16.5. The van der Waals surface area contributed by atoms with Crippen molar-refractivity contribution < 1.29 is 14.3 Å². The summed E-state index contributed by atoms with van der Waals surface area (Å²) >= 11 is 0. The number of methoxy groups -OCH3 is 1. The molecule has 3 heteroatoms. The van der Waals surface area contributed by atoms with Crippen LogP contribution in [0.5, 0.6) is 5.75 Å². The minimum Gasteiger partial charge on any atom is -0.497 e. The van der Waals surface area contributed by atoms with Crippen molar-refractivity contribution in [2.45, 2.75) is 32.6 Å². The molecule has 1 aliphatic carbocycles. The summed E-state index contributed by atoms with van der Waals surface area (Å²) in [6.45, 7) is 4.49. The highest BCUT2D eigenvalue weighted by molar-refractivity contribution is 5.71. The second kappa shape index (κ2) is 5.42. The maximum absolute atomic E-state index is 11.6. The average molecular weight is 248 g/mol. The molecule has 1 aromatic carbocycles. The molecule has 0 radical (unpaired) electrons. The Morgan fingerprint density at radius 3 is 2.89 bits per heavy atom. The number of hydrogen-bond acceptors (Lipinski definition) is 3. The van der Waals surface area contributed by atoms with E-state index in [0.29, 0.717) is 18.9 Å². The van der Waals surface area contributed by atoms with Crippen LogP contribution in [0.25, 0.3) is 0 Å². The van der Waals surface area contributed by atoms with Crippen molar-refractivity contribution in [2.24, 2.45) is 5.92 Å². The van der Waals surface area contributed by atoms with Crippen molar-refractivity contribution in [3.05, 3.63) is 29.3 Å². The van der Waals surface area contributed by atoms with E-state index in [-0.39, 0.29) is 11.9 Å². The summed E-state index contributed by atoms with van der Waals surface area (Å²) in [6, 6.07) is 6.13. The molecule has 0 saturated heterocycles. The Kier molecular flexibility index (Phi) is 3.90. The van der Waals surface area contributed by atoms with Gasteiger partial charge < -0.3 is 9.47 Å². The molecule has 2 unspecified atom stereocenters. The third kappa shape index (κ3) is 2.50. The molecule has 1 aromatic rings. The van der Waals surface area contributed by atoms with Crippen LogP contribution in [-0.2, 0) is 16.0 Å². The highest BCUT2D eigenvalue weighted by Gasteiger charge is 2.31. The second-order valence-electron chi connectivity index (χ2n) is 4.86. The van der Waals surface area contributed by atoms with Gasteiger partial charge in [0, 0.05) is 0 Å². The van der Waals surface area contributed by atoms with Crippen molar-refractivity contribution in [1.82, 2.24) is 0 Å². The predicted octanol–water partition coefficient (Wildman–Crippen LogP) is 2.92. The Morgan fingerprint density at radius 2 is 2.22 bits per heavy atom. The topological polar surface area (TPSA) is 35.5 Å². The molecule has 0 aromatic heterocycles. The largest absolute Gasteiger partial charge is 0.497 e. The van der Waals surface area contributed by atoms with Gasteiger partial charge in [0.1, 0.15) is 5.75 Å². The van der Waals surface area contributed by atoms with Crippen LogP contribution in [0.15, 0.2) is 18.2 Å². The Hall–Kier alpha value is -1.51. The SMILES string of the molecule is CCOC(=O)CC1c2ccc(OC)cc2CC1C. The van der Waals surface area contributed by atoms with Gasteiger partial charge in [-0.05, 0) is 48.4 Å². The van der Waals surface area contributed by atoms with Gasteiger partial charge in [0.25, 0.3) is 0 Å². The molecule has 18 heavy (non-hydrogen) atoms. The molecule has 0 aliphatic heterocycles. The van der Waals surface area contributed by atoms with Gasteiger partial charge in [0.2, 0.25) is 0 Å². The van der Waals surface area contributed by atoms with E-state index < -0.39 is 0 Å². The average Bonchev–Trinajstić information content (AvgIpc) is 2.65. The van der Waals surface area contributed by atoms with Gasteiger partial charge in [0.15, 0.2) is 0 Å². The number of carbonyl (C=O) groups is 1. The molecule has 2 rings (SSSR count). The van der Waals surface area contributed by atoms with Gasteiger partial charge in [-0.15, -0.1) is 0 Å². The van der Waals surface area contributed by atoms with Gasteiger partial charge in [-0.3, -0.25) is 4.79 Å². The molecule has 0 N–H and O–H groups in total. The van der Waals surface area contributed by atoms with E-state index in [2.05, 4.69) is 19.1 Å². The van der Waals surface area contributed by atoms with Gasteiger partial charge in [-0.25, -0.2) is 0 Å². The third-order valence-electron chi connectivity index (χ3n) is 3.67. The summed E-state index contributed by atoms with van der Waals surface area (Å²) in [7, 11) is 1.68. The zero-order valence-electron chi connectivity index (χ0n) is 11.2. The predicted molar refractivity (Wildman–Crippen MR) is 69.9 cm³/mol. The van der Waals surface area contributed by atoms with E-state index in [9.17, 15) is 4.79 Å². The number of ether oxygens (including phenoxy) is 2. The normalized spacial score (nSPS) is 21.5. The number of benzene rings is 1. The molecule has 0 amide bonds. The maximum Gasteiger partial charge on any atom is 0.306 e. The minimum atomic E-state index is -0.0991. The van der Waals surface area contributed by atoms with Crippen molar-refractivity contribution in [2.75, 3.05) is 13.7 Å². The first-order chi connectivity index (χ1) is 8.65. The first-order valence-electron chi connectivity index (χ1n) is 6.48. The number of esters is 1. The van der Waals surface area contributed by atoms with Gasteiger partial charge >= 0.3 is 5.97 Å². The molecular weight excluding hydrogens is 228 g/mol. The van der Waals surface area contributed by atoms with E-state index >= 15 is 0 Å². The van der Waals surface area contributed by atoms with Crippen LogP contribution >= 0.6 is 0 Å². The highest BCUT2D eigenvalue weighted by Crippen LogP contribution is 2.41. The zero-order valence-corrected chi connectivity index (χ0v) is 11.2. The number of fused-ring (bicyclic) bond motifs is 1. The Bertz CT molecular complexity index is 439. The molecule has 0 bridgehead atoms. The van der Waals surface area contributed by atoms with Crippen molar-refractivity contribution in [3.63, 3.8) is 0 Å². The van der Waals surface area contributed by atoms with Crippen LogP contribution in [-0.4, -0.2) is 19.7 Å². The Labute approximate surface area is 108 Å². The Balaban J connectivity index is 2.17. The van der Waals surface area contributed by atoms with E-state index in [1.807, 2.05) is 13.0 Å². The fourth-order valence-electron chi connectivity index (χ4n) is 2.75. The lowest BCUT2D eigenvalue weighted by Gasteiger charge is -2.15. The second-order valence-corrected chi connectivity index (χ2v) is 4.86. The van der Waals surface area contributed by atoms with E-state index in [4.69, 9.17) is 9.47 Å². The van der Waals surface area contributed by atoms with Crippen LogP contribution in [0.1, 0.15) is 37.3 Å². The van der Waals surface area contributed by atoms with Crippen LogP contribution in [0.4, 0.5) is 0 Å². The summed E-state index contributed by atoms with van der Waals surface area (Å²) in [5.74, 6) is 1.55.